The van der Waals surface area contributed by atoms with E-state index in [0.29, 0.717) is 10.8 Å². The van der Waals surface area contributed by atoms with Crippen LogP contribution in [-0.2, 0) is 5.88 Å². The fraction of sp³-hybridized carbons (Fsp3) is 0.0667. The SMILES string of the molecule is ClCc1c(Cl)cccc1Oc1ncn(-c2ccccc2)n1. The van der Waals surface area contributed by atoms with Crippen molar-refractivity contribution in [1.29, 1.82) is 0 Å². The largest absolute Gasteiger partial charge is 0.423 e. The van der Waals surface area contributed by atoms with Gasteiger partial charge in [0.25, 0.3) is 0 Å². The highest BCUT2D eigenvalue weighted by molar-refractivity contribution is 6.32. The first-order valence-corrected chi connectivity index (χ1v) is 7.17. The average molecular weight is 320 g/mol. The monoisotopic (exact) mass is 319 g/mol. The number of para-hydroxylation sites is 1. The van der Waals surface area contributed by atoms with Gasteiger partial charge in [0.05, 0.1) is 11.6 Å². The normalized spacial score (nSPS) is 10.6. The molecule has 6 heteroatoms. The molecule has 0 atom stereocenters. The Morgan fingerprint density at radius 2 is 1.86 bits per heavy atom. The predicted molar refractivity (Wildman–Crippen MR) is 82.4 cm³/mol. The Kier molecular flexibility index (Phi) is 4.08. The Bertz CT molecular complexity index is 744. The molecule has 106 valence electrons. The van der Waals surface area contributed by atoms with Crippen LogP contribution in [-0.4, -0.2) is 14.8 Å². The van der Waals surface area contributed by atoms with Crippen LogP contribution >= 0.6 is 23.2 Å². The molecule has 0 fully saturated rings. The molecule has 1 aromatic heterocycles. The van der Waals surface area contributed by atoms with E-state index in [0.717, 1.165) is 11.3 Å². The molecule has 0 aliphatic carbocycles. The van der Waals surface area contributed by atoms with Crippen LogP contribution in [0.5, 0.6) is 11.8 Å². The molecule has 1 heterocycles. The molecule has 2 aromatic carbocycles. The molecular weight excluding hydrogens is 309 g/mol. The minimum atomic E-state index is 0.243. The lowest BCUT2D eigenvalue weighted by Crippen LogP contribution is -1.96. The van der Waals surface area contributed by atoms with E-state index in [4.69, 9.17) is 27.9 Å². The Balaban J connectivity index is 1.87. The maximum Gasteiger partial charge on any atom is 0.341 e. The maximum absolute atomic E-state index is 6.09. The second-order valence-electron chi connectivity index (χ2n) is 4.26. The summed E-state index contributed by atoms with van der Waals surface area (Å²) < 4.78 is 7.31. The van der Waals surface area contributed by atoms with Crippen molar-refractivity contribution >= 4 is 23.2 Å². The fourth-order valence-corrected chi connectivity index (χ4v) is 2.44. The lowest BCUT2D eigenvalue weighted by atomic mass is 10.2. The Hall–Kier alpha value is -2.04. The summed E-state index contributed by atoms with van der Waals surface area (Å²) in [6.45, 7) is 0. The zero-order chi connectivity index (χ0) is 14.7. The van der Waals surface area contributed by atoms with Crippen LogP contribution in [0.4, 0.5) is 0 Å². The third kappa shape index (κ3) is 3.01. The van der Waals surface area contributed by atoms with Crippen LogP contribution in [0, 0.1) is 0 Å². The summed E-state index contributed by atoms with van der Waals surface area (Å²) in [6, 6.07) is 15.3. The van der Waals surface area contributed by atoms with E-state index < -0.39 is 0 Å². The first kappa shape index (κ1) is 13.9. The first-order chi connectivity index (χ1) is 10.3. The number of hydrogen-bond donors (Lipinski definition) is 0. The standard InChI is InChI=1S/C15H11Cl2N3O/c16-9-12-13(17)7-4-8-14(12)21-15-18-10-20(19-15)11-5-2-1-3-6-11/h1-8,10H,9H2. The van der Waals surface area contributed by atoms with Crippen LogP contribution in [0.25, 0.3) is 5.69 Å². The van der Waals surface area contributed by atoms with Gasteiger partial charge in [0.15, 0.2) is 0 Å². The zero-order valence-corrected chi connectivity index (χ0v) is 12.4. The Morgan fingerprint density at radius 1 is 1.05 bits per heavy atom. The van der Waals surface area contributed by atoms with E-state index in [1.54, 1.807) is 29.2 Å². The average Bonchev–Trinajstić information content (AvgIpc) is 2.97. The molecule has 0 aliphatic heterocycles. The number of rotatable bonds is 4. The topological polar surface area (TPSA) is 39.9 Å². The quantitative estimate of drug-likeness (QED) is 0.667. The second kappa shape index (κ2) is 6.16. The van der Waals surface area contributed by atoms with Crippen molar-refractivity contribution in [2.24, 2.45) is 0 Å². The molecule has 0 N–H and O–H groups in total. The van der Waals surface area contributed by atoms with Crippen molar-refractivity contribution in [3.05, 3.63) is 65.4 Å². The van der Waals surface area contributed by atoms with Crippen molar-refractivity contribution in [3.63, 3.8) is 0 Å². The highest BCUT2D eigenvalue weighted by Gasteiger charge is 2.11. The molecule has 0 saturated carbocycles. The first-order valence-electron chi connectivity index (χ1n) is 6.26. The van der Waals surface area contributed by atoms with Gasteiger partial charge in [0.2, 0.25) is 0 Å². The van der Waals surface area contributed by atoms with Crippen LogP contribution < -0.4 is 4.74 Å². The molecule has 0 amide bonds. The molecule has 0 radical (unpaired) electrons. The summed E-state index contributed by atoms with van der Waals surface area (Å²) in [7, 11) is 0. The molecule has 21 heavy (non-hydrogen) atoms. The van der Waals surface area contributed by atoms with Crippen molar-refractivity contribution in [2.75, 3.05) is 0 Å². The van der Waals surface area contributed by atoms with E-state index in [2.05, 4.69) is 10.1 Å². The van der Waals surface area contributed by atoms with E-state index in [1.807, 2.05) is 30.3 Å². The van der Waals surface area contributed by atoms with Crippen molar-refractivity contribution in [3.8, 4) is 17.4 Å². The number of benzene rings is 2. The third-order valence-electron chi connectivity index (χ3n) is 2.90. The molecular formula is C15H11Cl2N3O. The maximum atomic E-state index is 6.09. The number of alkyl halides is 1. The molecule has 0 spiro atoms. The molecule has 0 unspecified atom stereocenters. The third-order valence-corrected chi connectivity index (χ3v) is 3.52. The van der Waals surface area contributed by atoms with Gasteiger partial charge in [-0.3, -0.25) is 0 Å². The van der Waals surface area contributed by atoms with Gasteiger partial charge in [0, 0.05) is 10.6 Å². The molecule has 0 bridgehead atoms. The summed E-state index contributed by atoms with van der Waals surface area (Å²) in [6.07, 6.45) is 1.59. The summed E-state index contributed by atoms with van der Waals surface area (Å²) in [5.41, 5.74) is 1.63. The van der Waals surface area contributed by atoms with Gasteiger partial charge in [-0.1, -0.05) is 35.9 Å². The van der Waals surface area contributed by atoms with E-state index in [9.17, 15) is 0 Å². The number of nitrogens with zero attached hydrogens (tertiary/aromatic N) is 3. The number of halogens is 2. The highest BCUT2D eigenvalue weighted by Crippen LogP contribution is 2.30. The van der Waals surface area contributed by atoms with E-state index in [-0.39, 0.29) is 11.9 Å². The Morgan fingerprint density at radius 3 is 2.62 bits per heavy atom. The van der Waals surface area contributed by atoms with Crippen molar-refractivity contribution in [2.45, 2.75) is 5.88 Å². The summed E-state index contributed by atoms with van der Waals surface area (Å²) in [5.74, 6) is 0.817. The summed E-state index contributed by atoms with van der Waals surface area (Å²) in [4.78, 5) is 4.14. The number of aromatic nitrogens is 3. The molecule has 4 nitrogen and oxygen atoms in total. The molecule has 3 rings (SSSR count). The zero-order valence-electron chi connectivity index (χ0n) is 10.9. The van der Waals surface area contributed by atoms with Gasteiger partial charge in [-0.05, 0) is 24.3 Å². The highest BCUT2D eigenvalue weighted by atomic mass is 35.5. The van der Waals surface area contributed by atoms with Crippen molar-refractivity contribution < 1.29 is 4.74 Å². The lowest BCUT2D eigenvalue weighted by Gasteiger charge is -2.07. The van der Waals surface area contributed by atoms with Gasteiger partial charge < -0.3 is 4.74 Å². The Labute approximate surface area is 131 Å². The van der Waals surface area contributed by atoms with Crippen LogP contribution in [0.1, 0.15) is 5.56 Å². The number of hydrogen-bond acceptors (Lipinski definition) is 3. The van der Waals surface area contributed by atoms with Crippen LogP contribution in [0.2, 0.25) is 5.02 Å². The second-order valence-corrected chi connectivity index (χ2v) is 4.93. The summed E-state index contributed by atoms with van der Waals surface area (Å²) >= 11 is 12.0. The molecule has 0 saturated heterocycles. The van der Waals surface area contributed by atoms with E-state index >= 15 is 0 Å². The smallest absolute Gasteiger partial charge is 0.341 e. The number of ether oxygens (including phenoxy) is 1. The minimum absolute atomic E-state index is 0.243. The molecule has 3 aromatic rings. The van der Waals surface area contributed by atoms with Gasteiger partial charge >= 0.3 is 6.01 Å². The van der Waals surface area contributed by atoms with Gasteiger partial charge in [-0.2, -0.15) is 4.98 Å². The van der Waals surface area contributed by atoms with Crippen molar-refractivity contribution in [1.82, 2.24) is 14.8 Å². The lowest BCUT2D eigenvalue weighted by molar-refractivity contribution is 0.438. The van der Waals surface area contributed by atoms with Gasteiger partial charge in [-0.15, -0.1) is 16.7 Å². The van der Waals surface area contributed by atoms with Crippen LogP contribution in [0.15, 0.2) is 54.9 Å². The van der Waals surface area contributed by atoms with Gasteiger partial charge in [0.1, 0.15) is 12.1 Å². The summed E-state index contributed by atoms with van der Waals surface area (Å²) in [5, 5.41) is 4.84. The van der Waals surface area contributed by atoms with Gasteiger partial charge in [-0.25, -0.2) is 4.68 Å². The minimum Gasteiger partial charge on any atom is -0.423 e. The predicted octanol–water partition coefficient (Wildman–Crippen LogP) is 4.45. The van der Waals surface area contributed by atoms with Crippen LogP contribution in [0.3, 0.4) is 0 Å². The van der Waals surface area contributed by atoms with E-state index in [1.165, 1.54) is 0 Å². The fourth-order valence-electron chi connectivity index (χ4n) is 1.86. The molecule has 0 aliphatic rings.